The quantitative estimate of drug-likeness (QED) is 0.321. The molecule has 34 heavy (non-hydrogen) atoms. The van der Waals surface area contributed by atoms with Crippen LogP contribution in [0, 0.1) is 13.8 Å². The van der Waals surface area contributed by atoms with Gasteiger partial charge in [0.15, 0.2) is 11.4 Å². The van der Waals surface area contributed by atoms with Gasteiger partial charge in [0.1, 0.15) is 5.75 Å². The van der Waals surface area contributed by atoms with Crippen molar-refractivity contribution in [1.29, 1.82) is 0 Å². The van der Waals surface area contributed by atoms with Crippen molar-refractivity contribution in [3.63, 3.8) is 0 Å². The first-order valence-electron chi connectivity index (χ1n) is 10.4. The Labute approximate surface area is 204 Å². The van der Waals surface area contributed by atoms with Gasteiger partial charge >= 0.3 is 11.9 Å². The summed E-state index contributed by atoms with van der Waals surface area (Å²) in [6, 6.07) is 13.1. The summed E-state index contributed by atoms with van der Waals surface area (Å²) in [6.45, 7) is 3.78. The molecule has 2 N–H and O–H groups in total. The Bertz CT molecular complexity index is 1370. The number of ether oxygens (including phenoxy) is 1. The van der Waals surface area contributed by atoms with Crippen LogP contribution >= 0.6 is 22.7 Å². The monoisotopic (exact) mass is 494 g/mol. The normalized spacial score (nSPS) is 10.9. The molecular formula is C25H22N2O5S2. The number of rotatable bonds is 8. The fourth-order valence-electron chi connectivity index (χ4n) is 3.68. The molecule has 0 fully saturated rings. The predicted octanol–water partition coefficient (Wildman–Crippen LogP) is 5.74. The van der Waals surface area contributed by atoms with E-state index in [9.17, 15) is 19.8 Å². The maximum Gasteiger partial charge on any atom is 0.356 e. The summed E-state index contributed by atoms with van der Waals surface area (Å²) >= 11 is 2.75. The number of carbonyl (C=O) groups is 2. The first-order valence-corrected chi connectivity index (χ1v) is 12.1. The van der Waals surface area contributed by atoms with Gasteiger partial charge in [0, 0.05) is 6.42 Å². The van der Waals surface area contributed by atoms with E-state index in [1.807, 2.05) is 37.3 Å². The Morgan fingerprint density at radius 2 is 1.47 bits per heavy atom. The number of aromatic nitrogens is 2. The highest BCUT2D eigenvalue weighted by Crippen LogP contribution is 2.34. The van der Waals surface area contributed by atoms with Gasteiger partial charge in [-0.3, -0.25) is 0 Å². The van der Waals surface area contributed by atoms with E-state index in [4.69, 9.17) is 4.74 Å². The molecule has 2 heterocycles. The number of methoxy groups -OCH3 is 1. The van der Waals surface area contributed by atoms with Crippen LogP contribution in [0.1, 0.15) is 42.1 Å². The average Bonchev–Trinajstić information content (AvgIpc) is 3.42. The summed E-state index contributed by atoms with van der Waals surface area (Å²) in [5.74, 6) is -1.39. The van der Waals surface area contributed by atoms with E-state index in [2.05, 4.69) is 9.97 Å². The van der Waals surface area contributed by atoms with Gasteiger partial charge in [-0.15, -0.1) is 22.7 Å². The molecule has 0 aliphatic rings. The molecule has 0 amide bonds. The van der Waals surface area contributed by atoms with Crippen molar-refractivity contribution < 1.29 is 24.5 Å². The second-order valence-corrected chi connectivity index (χ2v) is 9.96. The van der Waals surface area contributed by atoms with Crippen LogP contribution < -0.4 is 4.74 Å². The molecule has 2 aromatic heterocycles. The highest BCUT2D eigenvalue weighted by atomic mass is 32.1. The fourth-order valence-corrected chi connectivity index (χ4v) is 5.65. The Kier molecular flexibility index (Phi) is 6.76. The van der Waals surface area contributed by atoms with Gasteiger partial charge in [0.2, 0.25) is 0 Å². The molecule has 0 aliphatic heterocycles. The van der Waals surface area contributed by atoms with Crippen molar-refractivity contribution in [1.82, 2.24) is 9.97 Å². The molecule has 0 atom stereocenters. The molecule has 9 heteroatoms. The molecule has 174 valence electrons. The third kappa shape index (κ3) is 4.85. The molecule has 4 rings (SSSR count). The molecule has 7 nitrogen and oxygen atoms in total. The summed E-state index contributed by atoms with van der Waals surface area (Å²) in [6.07, 6.45) is 1.29. The van der Waals surface area contributed by atoms with E-state index in [1.54, 1.807) is 26.2 Å². The van der Waals surface area contributed by atoms with Gasteiger partial charge in [-0.1, -0.05) is 18.2 Å². The molecule has 0 bridgehead atoms. The Morgan fingerprint density at radius 3 is 2.09 bits per heavy atom. The molecule has 0 unspecified atom stereocenters. The smallest absolute Gasteiger partial charge is 0.356 e. The van der Waals surface area contributed by atoms with Crippen molar-refractivity contribution in [3.8, 4) is 26.6 Å². The van der Waals surface area contributed by atoms with Gasteiger partial charge in [-0.25, -0.2) is 19.6 Å². The Balaban J connectivity index is 1.56. The molecule has 0 saturated carbocycles. The van der Waals surface area contributed by atoms with Crippen LogP contribution in [0.15, 0.2) is 42.5 Å². The van der Waals surface area contributed by atoms with E-state index >= 15 is 0 Å². The fraction of sp³-hybridized carbons (Fsp3) is 0.200. The zero-order valence-corrected chi connectivity index (χ0v) is 20.4. The van der Waals surface area contributed by atoms with Crippen LogP contribution in [0.25, 0.3) is 20.9 Å². The zero-order valence-electron chi connectivity index (χ0n) is 18.8. The molecule has 0 aliphatic carbocycles. The van der Waals surface area contributed by atoms with Gasteiger partial charge in [-0.05, 0) is 66.8 Å². The van der Waals surface area contributed by atoms with E-state index in [0.717, 1.165) is 27.3 Å². The number of hydrogen-bond acceptors (Lipinski definition) is 7. The lowest BCUT2D eigenvalue weighted by atomic mass is 10.00. The van der Waals surface area contributed by atoms with Gasteiger partial charge in [-0.2, -0.15) is 0 Å². The third-order valence-corrected chi connectivity index (χ3v) is 7.56. The Morgan fingerprint density at radius 1 is 0.853 bits per heavy atom. The maximum atomic E-state index is 11.8. The van der Waals surface area contributed by atoms with Crippen molar-refractivity contribution >= 4 is 34.6 Å². The summed E-state index contributed by atoms with van der Waals surface area (Å²) in [7, 11) is 1.58. The van der Waals surface area contributed by atoms with Crippen molar-refractivity contribution in [2.45, 2.75) is 26.7 Å². The minimum Gasteiger partial charge on any atom is -0.497 e. The lowest BCUT2D eigenvalue weighted by Crippen LogP contribution is -2.00. The summed E-state index contributed by atoms with van der Waals surface area (Å²) in [4.78, 5) is 33.1. The number of nitrogens with zero attached hydrogens (tertiary/aromatic N) is 2. The number of aromatic carboxylic acids is 2. The highest BCUT2D eigenvalue weighted by Gasteiger charge is 2.20. The van der Waals surface area contributed by atoms with Crippen LogP contribution in [0.3, 0.4) is 0 Å². The zero-order chi connectivity index (χ0) is 24.4. The molecule has 4 aromatic rings. The van der Waals surface area contributed by atoms with Crippen LogP contribution in [0.2, 0.25) is 0 Å². The molecule has 0 saturated heterocycles. The van der Waals surface area contributed by atoms with Crippen molar-refractivity contribution in [2.75, 3.05) is 7.11 Å². The second kappa shape index (κ2) is 9.74. The van der Waals surface area contributed by atoms with E-state index in [0.29, 0.717) is 33.4 Å². The summed E-state index contributed by atoms with van der Waals surface area (Å²) in [5, 5.41) is 20.5. The number of benzene rings is 2. The third-order valence-electron chi connectivity index (χ3n) is 5.38. The minimum absolute atomic E-state index is 0.0546. The van der Waals surface area contributed by atoms with Gasteiger partial charge in [0.25, 0.3) is 0 Å². The Hall–Kier alpha value is -3.56. The van der Waals surface area contributed by atoms with Crippen LogP contribution in [0.5, 0.6) is 5.75 Å². The number of thiazole rings is 2. The molecule has 0 radical (unpaired) electrons. The van der Waals surface area contributed by atoms with E-state index < -0.39 is 11.9 Å². The maximum absolute atomic E-state index is 11.8. The minimum atomic E-state index is -1.05. The van der Waals surface area contributed by atoms with Crippen LogP contribution in [0.4, 0.5) is 0 Å². The first-order chi connectivity index (χ1) is 16.3. The molecule has 2 aromatic carbocycles. The van der Waals surface area contributed by atoms with Crippen LogP contribution in [-0.2, 0) is 12.8 Å². The lowest BCUT2D eigenvalue weighted by molar-refractivity contribution is 0.0681. The summed E-state index contributed by atoms with van der Waals surface area (Å²) < 4.78 is 5.18. The largest absolute Gasteiger partial charge is 0.497 e. The summed E-state index contributed by atoms with van der Waals surface area (Å²) in [5.41, 5.74) is 3.87. The van der Waals surface area contributed by atoms with E-state index in [1.165, 1.54) is 22.7 Å². The lowest BCUT2D eigenvalue weighted by Gasteiger charge is -2.07. The van der Waals surface area contributed by atoms with Gasteiger partial charge in [0.05, 0.1) is 26.9 Å². The number of hydrogen-bond donors (Lipinski definition) is 2. The SMILES string of the molecule is COc1ccc(-c2sc(CCc3ccc(-c4sc(C)nc4C(=O)O)cc3C)nc2C(=O)O)cc1. The number of carboxylic acid groups (broad SMARTS) is 2. The standard InChI is InChI=1S/C25H22N2O5S2/c1-13-12-17(23-20(24(28)29)26-14(2)33-23)5-4-15(13)8-11-19-27-21(25(30)31)22(34-19)16-6-9-18(32-3)10-7-16/h4-7,9-10,12H,8,11H2,1-3H3,(H,28,29)(H,30,31). The molecule has 0 spiro atoms. The van der Waals surface area contributed by atoms with Crippen molar-refractivity contribution in [2.24, 2.45) is 0 Å². The van der Waals surface area contributed by atoms with Crippen LogP contribution in [-0.4, -0.2) is 39.2 Å². The molecular weight excluding hydrogens is 472 g/mol. The predicted molar refractivity (Wildman–Crippen MR) is 132 cm³/mol. The highest BCUT2D eigenvalue weighted by molar-refractivity contribution is 7.15. The average molecular weight is 495 g/mol. The van der Waals surface area contributed by atoms with Crippen molar-refractivity contribution in [3.05, 3.63) is 75.0 Å². The number of aryl methyl sites for hydroxylation is 4. The number of carboxylic acids is 2. The van der Waals surface area contributed by atoms with E-state index in [-0.39, 0.29) is 11.4 Å². The second-order valence-electron chi connectivity index (χ2n) is 7.68. The first kappa shape index (κ1) is 23.6. The van der Waals surface area contributed by atoms with Gasteiger partial charge < -0.3 is 14.9 Å². The topological polar surface area (TPSA) is 110 Å².